The van der Waals surface area contributed by atoms with Gasteiger partial charge in [0.2, 0.25) is 5.91 Å². The van der Waals surface area contributed by atoms with Gasteiger partial charge in [-0.1, -0.05) is 41.4 Å². The Morgan fingerprint density at radius 2 is 1.83 bits per heavy atom. The number of aromatic nitrogens is 1. The summed E-state index contributed by atoms with van der Waals surface area (Å²) in [5.74, 6) is 0.993. The first-order valence-corrected chi connectivity index (χ1v) is 12.2. The lowest BCUT2D eigenvalue weighted by Gasteiger charge is -2.37. The van der Waals surface area contributed by atoms with E-state index in [2.05, 4.69) is 44.0 Å². The molecule has 0 unspecified atom stereocenters. The number of aryl methyl sites for hydroxylation is 2. The van der Waals surface area contributed by atoms with Crippen LogP contribution in [-0.4, -0.2) is 28.9 Å². The molecule has 4 rings (SSSR count). The maximum Gasteiger partial charge on any atom is 0.225 e. The van der Waals surface area contributed by atoms with Gasteiger partial charge in [-0.3, -0.25) is 9.78 Å². The first-order chi connectivity index (χ1) is 13.8. The Hall–Kier alpha value is -0.910. The lowest BCUT2D eigenvalue weighted by atomic mass is 9.76. The topological polar surface area (TPSA) is 33.2 Å². The van der Waals surface area contributed by atoms with Crippen molar-refractivity contribution in [1.82, 2.24) is 9.88 Å². The Morgan fingerprint density at radius 1 is 1.14 bits per heavy atom. The number of hydrogen-bond donors (Lipinski definition) is 0. The second-order valence-corrected chi connectivity index (χ2v) is 10.7. The van der Waals surface area contributed by atoms with E-state index in [0.29, 0.717) is 5.92 Å². The molecule has 1 aliphatic heterocycles. The van der Waals surface area contributed by atoms with Gasteiger partial charge in [0.15, 0.2) is 0 Å². The van der Waals surface area contributed by atoms with E-state index in [1.807, 2.05) is 31.0 Å². The van der Waals surface area contributed by atoms with Gasteiger partial charge in [-0.2, -0.15) is 0 Å². The van der Waals surface area contributed by atoms with Crippen LogP contribution in [0.15, 0.2) is 33.3 Å². The number of hydrogen-bond acceptors (Lipinski definition) is 2. The zero-order valence-electron chi connectivity index (χ0n) is 16.7. The van der Waals surface area contributed by atoms with Crippen LogP contribution in [0.1, 0.15) is 55.0 Å². The van der Waals surface area contributed by atoms with Gasteiger partial charge in [0, 0.05) is 45.1 Å². The van der Waals surface area contributed by atoms with Crippen molar-refractivity contribution in [3.8, 4) is 0 Å². The number of carbonyl (C=O) groups excluding carboxylic acids is 1. The third kappa shape index (κ3) is 4.28. The first-order valence-electron chi connectivity index (χ1n) is 10.3. The monoisotopic (exact) mass is 538 g/mol. The van der Waals surface area contributed by atoms with E-state index in [1.165, 1.54) is 22.4 Å². The molecule has 3 nitrogen and oxygen atoms in total. The number of nitrogens with zero attached hydrogens (tertiary/aromatic N) is 2. The van der Waals surface area contributed by atoms with Crippen molar-refractivity contribution in [2.45, 2.75) is 45.4 Å². The summed E-state index contributed by atoms with van der Waals surface area (Å²) in [5, 5.41) is 0.770. The molecule has 2 heterocycles. The Morgan fingerprint density at radius 3 is 2.52 bits per heavy atom. The summed E-state index contributed by atoms with van der Waals surface area (Å²) >= 11 is 13.8. The molecule has 1 aromatic carbocycles. The Balaban J connectivity index is 1.73. The molecule has 6 heteroatoms. The molecular weight excluding hydrogens is 516 g/mol. The number of benzene rings is 1. The van der Waals surface area contributed by atoms with Gasteiger partial charge in [0.25, 0.3) is 0 Å². The maximum absolute atomic E-state index is 12.4. The van der Waals surface area contributed by atoms with Crippen molar-refractivity contribution >= 4 is 49.4 Å². The Kier molecular flexibility index (Phi) is 6.38. The average molecular weight is 541 g/mol. The molecular formula is C23H25Br2ClN2O. The largest absolute Gasteiger partial charge is 0.342 e. The lowest BCUT2D eigenvalue weighted by Crippen LogP contribution is -2.42. The van der Waals surface area contributed by atoms with Crippen LogP contribution in [0.5, 0.6) is 0 Å². The third-order valence-corrected chi connectivity index (χ3v) is 7.54. The fourth-order valence-corrected chi connectivity index (χ4v) is 6.35. The van der Waals surface area contributed by atoms with Crippen LogP contribution in [0.3, 0.4) is 0 Å². The summed E-state index contributed by atoms with van der Waals surface area (Å²) in [6.45, 7) is 5.61. The van der Waals surface area contributed by atoms with Gasteiger partial charge >= 0.3 is 0 Å². The quantitative estimate of drug-likeness (QED) is 0.443. The summed E-state index contributed by atoms with van der Waals surface area (Å²) in [6, 6.07) is 6.34. The van der Waals surface area contributed by atoms with E-state index in [0.717, 1.165) is 52.7 Å². The molecule has 1 saturated heterocycles. The van der Waals surface area contributed by atoms with Crippen molar-refractivity contribution < 1.29 is 4.79 Å². The van der Waals surface area contributed by atoms with Crippen LogP contribution >= 0.6 is 43.5 Å². The fourth-order valence-electron chi connectivity index (χ4n) is 4.85. The van der Waals surface area contributed by atoms with E-state index in [-0.39, 0.29) is 17.7 Å². The zero-order valence-corrected chi connectivity index (χ0v) is 20.6. The summed E-state index contributed by atoms with van der Waals surface area (Å²) < 4.78 is 2.10. The Bertz CT molecular complexity index is 939. The van der Waals surface area contributed by atoms with Gasteiger partial charge in [-0.25, -0.2) is 0 Å². The summed E-state index contributed by atoms with van der Waals surface area (Å²) in [4.78, 5) is 19.4. The van der Waals surface area contributed by atoms with Gasteiger partial charge in [0.1, 0.15) is 0 Å². The van der Waals surface area contributed by atoms with E-state index in [9.17, 15) is 4.79 Å². The van der Waals surface area contributed by atoms with E-state index in [1.54, 1.807) is 0 Å². The van der Waals surface area contributed by atoms with Gasteiger partial charge in [-0.05, 0) is 82.4 Å². The minimum atomic E-state index is 0.0567. The minimum Gasteiger partial charge on any atom is -0.342 e. The van der Waals surface area contributed by atoms with Gasteiger partial charge < -0.3 is 4.90 Å². The molecule has 29 heavy (non-hydrogen) atoms. The average Bonchev–Trinajstić information content (AvgIpc) is 2.84. The van der Waals surface area contributed by atoms with Crippen LogP contribution in [0, 0.1) is 11.8 Å². The standard InChI is InChI=1S/C23H25Br2ClN2O/c1-13(2)23(29)28-7-5-14(6-8-28)21-20-15(10-18(26)11-19(20)25)3-4-16-9-17(24)12-27-22(16)21/h9-14,21H,3-8H2,1-2H3/t21-/m1/s1. The van der Waals surface area contributed by atoms with Crippen molar-refractivity contribution in [2.75, 3.05) is 13.1 Å². The minimum absolute atomic E-state index is 0.0567. The van der Waals surface area contributed by atoms with Crippen molar-refractivity contribution in [3.05, 3.63) is 60.7 Å². The molecule has 0 spiro atoms. The van der Waals surface area contributed by atoms with Gasteiger partial charge in [-0.15, -0.1) is 0 Å². The molecule has 1 amide bonds. The number of rotatable bonds is 2. The number of pyridine rings is 1. The van der Waals surface area contributed by atoms with E-state index in [4.69, 9.17) is 16.6 Å². The first kappa shape index (κ1) is 21.3. The molecule has 2 aliphatic rings. The number of piperidine rings is 1. The molecule has 0 saturated carbocycles. The number of amides is 1. The maximum atomic E-state index is 12.4. The van der Waals surface area contributed by atoms with Crippen LogP contribution in [0.2, 0.25) is 5.02 Å². The molecule has 0 N–H and O–H groups in total. The zero-order chi connectivity index (χ0) is 20.7. The molecule has 2 aromatic rings. The number of likely N-dealkylation sites (tertiary alicyclic amines) is 1. The van der Waals surface area contributed by atoms with Gasteiger partial charge in [0.05, 0.1) is 5.69 Å². The highest BCUT2D eigenvalue weighted by Crippen LogP contribution is 2.46. The highest BCUT2D eigenvalue weighted by molar-refractivity contribution is 9.10. The van der Waals surface area contributed by atoms with Crippen molar-refractivity contribution in [2.24, 2.45) is 11.8 Å². The predicted octanol–water partition coefficient (Wildman–Crippen LogP) is 6.39. The van der Waals surface area contributed by atoms with E-state index < -0.39 is 0 Å². The fraction of sp³-hybridized carbons (Fsp3) is 0.478. The molecule has 1 aromatic heterocycles. The Labute approximate surface area is 194 Å². The molecule has 1 atom stereocenters. The van der Waals surface area contributed by atoms with Crippen LogP contribution in [-0.2, 0) is 17.6 Å². The highest BCUT2D eigenvalue weighted by atomic mass is 79.9. The smallest absolute Gasteiger partial charge is 0.225 e. The lowest BCUT2D eigenvalue weighted by molar-refractivity contribution is -0.135. The van der Waals surface area contributed by atoms with Crippen LogP contribution in [0.4, 0.5) is 0 Å². The molecule has 154 valence electrons. The number of fused-ring (bicyclic) bond motifs is 2. The normalized spacial score (nSPS) is 19.7. The second kappa shape index (κ2) is 8.68. The summed E-state index contributed by atoms with van der Waals surface area (Å²) in [7, 11) is 0. The number of carbonyl (C=O) groups is 1. The third-order valence-electron chi connectivity index (χ3n) is 6.23. The van der Waals surface area contributed by atoms with Crippen molar-refractivity contribution in [3.63, 3.8) is 0 Å². The van der Waals surface area contributed by atoms with Crippen LogP contribution < -0.4 is 0 Å². The summed E-state index contributed by atoms with van der Waals surface area (Å²) in [5.41, 5.74) is 5.13. The van der Waals surface area contributed by atoms with E-state index >= 15 is 0 Å². The van der Waals surface area contributed by atoms with Crippen LogP contribution in [0.25, 0.3) is 0 Å². The predicted molar refractivity (Wildman–Crippen MR) is 124 cm³/mol. The highest BCUT2D eigenvalue weighted by Gasteiger charge is 2.36. The SMILES string of the molecule is CC(C)C(=O)N1CCC([C@H]2c3ncc(Br)cc3CCc3cc(Cl)cc(Br)c32)CC1. The molecule has 1 aliphatic carbocycles. The molecule has 0 radical (unpaired) electrons. The summed E-state index contributed by atoms with van der Waals surface area (Å²) in [6.07, 6.45) is 5.82. The molecule has 1 fully saturated rings. The molecule has 0 bridgehead atoms. The second-order valence-electron chi connectivity index (χ2n) is 8.45. The number of halogens is 3. The van der Waals surface area contributed by atoms with Crippen molar-refractivity contribution in [1.29, 1.82) is 0 Å².